The maximum atomic E-state index is 4.89. The van der Waals surface area contributed by atoms with Gasteiger partial charge in [-0.25, -0.2) is 4.98 Å². The van der Waals surface area contributed by atoms with Crippen LogP contribution in [-0.4, -0.2) is 21.7 Å². The molecule has 2 aromatic heterocycles. The highest BCUT2D eigenvalue weighted by Gasteiger charge is 2.03. The van der Waals surface area contributed by atoms with E-state index >= 15 is 0 Å². The lowest BCUT2D eigenvalue weighted by Crippen LogP contribution is -2.17. The van der Waals surface area contributed by atoms with Crippen LogP contribution < -0.4 is 5.32 Å². The average Bonchev–Trinajstić information content (AvgIpc) is 2.83. The zero-order valence-corrected chi connectivity index (χ0v) is 10.2. The fraction of sp³-hybridized carbons (Fsp3) is 0.500. The van der Waals surface area contributed by atoms with Gasteiger partial charge in [-0.15, -0.1) is 11.3 Å². The number of rotatable bonds is 5. The summed E-state index contributed by atoms with van der Waals surface area (Å²) >= 11 is 1.68. The van der Waals surface area contributed by atoms with E-state index in [-0.39, 0.29) is 0 Å². The van der Waals surface area contributed by atoms with Crippen LogP contribution in [0.4, 0.5) is 0 Å². The van der Waals surface area contributed by atoms with Gasteiger partial charge in [0.1, 0.15) is 0 Å². The molecule has 16 heavy (non-hydrogen) atoms. The van der Waals surface area contributed by atoms with E-state index in [0.717, 1.165) is 31.0 Å². The van der Waals surface area contributed by atoms with Gasteiger partial charge in [0.15, 0.2) is 5.82 Å². The molecule has 0 aliphatic heterocycles. The van der Waals surface area contributed by atoms with Crippen molar-refractivity contribution in [3.63, 3.8) is 0 Å². The Morgan fingerprint density at radius 2 is 2.31 bits per heavy atom. The Morgan fingerprint density at radius 1 is 1.44 bits per heavy atom. The molecule has 2 rings (SSSR count). The van der Waals surface area contributed by atoms with Crippen LogP contribution in [0.1, 0.15) is 22.3 Å². The van der Waals surface area contributed by atoms with Crippen molar-refractivity contribution in [2.75, 3.05) is 6.54 Å². The number of hydrogen-bond donors (Lipinski definition) is 1. The summed E-state index contributed by atoms with van der Waals surface area (Å²) in [6.45, 7) is 5.52. The molecule has 0 aliphatic rings. The molecule has 0 aromatic carbocycles. The lowest BCUT2D eigenvalue weighted by atomic mass is 10.3. The van der Waals surface area contributed by atoms with Gasteiger partial charge >= 0.3 is 0 Å². The van der Waals surface area contributed by atoms with E-state index in [1.165, 1.54) is 4.88 Å². The van der Waals surface area contributed by atoms with E-state index in [1.54, 1.807) is 18.3 Å². The molecular weight excluding hydrogens is 224 g/mol. The zero-order chi connectivity index (χ0) is 11.4. The first-order valence-corrected chi connectivity index (χ1v) is 6.02. The van der Waals surface area contributed by atoms with Gasteiger partial charge in [-0.2, -0.15) is 4.98 Å². The van der Waals surface area contributed by atoms with Crippen molar-refractivity contribution < 1.29 is 4.52 Å². The van der Waals surface area contributed by atoms with E-state index in [9.17, 15) is 0 Å². The van der Waals surface area contributed by atoms with Crippen molar-refractivity contribution in [2.24, 2.45) is 0 Å². The van der Waals surface area contributed by atoms with Crippen LogP contribution in [-0.2, 0) is 13.0 Å². The monoisotopic (exact) mass is 238 g/mol. The summed E-state index contributed by atoms with van der Waals surface area (Å²) in [5.74, 6) is 1.37. The normalized spacial score (nSPS) is 10.9. The largest absolute Gasteiger partial charge is 0.340 e. The molecule has 0 spiro atoms. The summed E-state index contributed by atoms with van der Waals surface area (Å²) in [6.07, 6.45) is 0.787. The topological polar surface area (TPSA) is 63.8 Å². The molecule has 0 radical (unpaired) electrons. The van der Waals surface area contributed by atoms with Crippen LogP contribution in [0.2, 0.25) is 0 Å². The summed E-state index contributed by atoms with van der Waals surface area (Å²) in [6, 6.07) is 0. The second-order valence-electron chi connectivity index (χ2n) is 3.52. The second-order valence-corrected chi connectivity index (χ2v) is 4.46. The van der Waals surface area contributed by atoms with E-state index in [4.69, 9.17) is 4.52 Å². The Kier molecular flexibility index (Phi) is 3.63. The Hall–Kier alpha value is -1.27. The van der Waals surface area contributed by atoms with Crippen molar-refractivity contribution in [3.05, 3.63) is 27.8 Å². The van der Waals surface area contributed by atoms with Gasteiger partial charge < -0.3 is 9.84 Å². The molecule has 0 atom stereocenters. The van der Waals surface area contributed by atoms with Crippen LogP contribution >= 0.6 is 11.3 Å². The van der Waals surface area contributed by atoms with Gasteiger partial charge in [0.25, 0.3) is 0 Å². The predicted molar refractivity (Wildman–Crippen MR) is 61.3 cm³/mol. The Bertz CT molecular complexity index is 451. The predicted octanol–water partition coefficient (Wildman–Crippen LogP) is 1.48. The van der Waals surface area contributed by atoms with Gasteiger partial charge in [0.2, 0.25) is 5.89 Å². The van der Waals surface area contributed by atoms with E-state index < -0.39 is 0 Å². The highest BCUT2D eigenvalue weighted by molar-refractivity contribution is 7.09. The molecule has 0 bridgehead atoms. The smallest absolute Gasteiger partial charge is 0.223 e. The highest BCUT2D eigenvalue weighted by Crippen LogP contribution is 2.10. The molecule has 6 heteroatoms. The molecule has 2 heterocycles. The summed E-state index contributed by atoms with van der Waals surface area (Å²) in [5.41, 5.74) is 2.97. The number of nitrogens with one attached hydrogen (secondary N) is 1. The first-order valence-electron chi connectivity index (χ1n) is 5.14. The minimum atomic E-state index is 0.619. The fourth-order valence-electron chi connectivity index (χ4n) is 1.34. The zero-order valence-electron chi connectivity index (χ0n) is 9.36. The van der Waals surface area contributed by atoms with E-state index in [0.29, 0.717) is 5.89 Å². The van der Waals surface area contributed by atoms with Gasteiger partial charge in [-0.3, -0.25) is 0 Å². The quantitative estimate of drug-likeness (QED) is 0.799. The van der Waals surface area contributed by atoms with Crippen molar-refractivity contribution >= 4 is 11.3 Å². The molecule has 0 aliphatic carbocycles. The van der Waals surface area contributed by atoms with E-state index in [1.807, 2.05) is 12.4 Å². The number of hydrogen-bond acceptors (Lipinski definition) is 6. The Balaban J connectivity index is 1.71. The average molecular weight is 238 g/mol. The van der Waals surface area contributed by atoms with Gasteiger partial charge in [-0.05, 0) is 6.92 Å². The highest BCUT2D eigenvalue weighted by atomic mass is 32.1. The minimum Gasteiger partial charge on any atom is -0.340 e. The number of aromatic nitrogens is 3. The van der Waals surface area contributed by atoms with Crippen molar-refractivity contribution in [2.45, 2.75) is 26.8 Å². The van der Waals surface area contributed by atoms with Crippen LogP contribution in [0, 0.1) is 13.8 Å². The third-order valence-electron chi connectivity index (χ3n) is 2.23. The van der Waals surface area contributed by atoms with Crippen molar-refractivity contribution in [1.29, 1.82) is 0 Å². The molecule has 86 valence electrons. The Labute approximate surface area is 97.9 Å². The van der Waals surface area contributed by atoms with Crippen LogP contribution in [0.25, 0.3) is 0 Å². The molecule has 5 nitrogen and oxygen atoms in total. The lowest BCUT2D eigenvalue weighted by Gasteiger charge is -2.00. The molecule has 2 aromatic rings. The fourth-order valence-corrected chi connectivity index (χ4v) is 2.09. The van der Waals surface area contributed by atoms with Gasteiger partial charge in [0, 0.05) is 31.3 Å². The first-order chi connectivity index (χ1) is 7.75. The molecule has 0 saturated heterocycles. The minimum absolute atomic E-state index is 0.619. The van der Waals surface area contributed by atoms with Crippen molar-refractivity contribution in [3.8, 4) is 0 Å². The van der Waals surface area contributed by atoms with Crippen LogP contribution in [0.5, 0.6) is 0 Å². The van der Waals surface area contributed by atoms with Gasteiger partial charge in [-0.1, -0.05) is 5.16 Å². The summed E-state index contributed by atoms with van der Waals surface area (Å²) < 4.78 is 4.89. The second kappa shape index (κ2) is 5.18. The van der Waals surface area contributed by atoms with Gasteiger partial charge in [0.05, 0.1) is 11.2 Å². The van der Waals surface area contributed by atoms with Crippen LogP contribution in [0.15, 0.2) is 10.0 Å². The Morgan fingerprint density at radius 3 is 2.94 bits per heavy atom. The van der Waals surface area contributed by atoms with Crippen molar-refractivity contribution in [1.82, 2.24) is 20.4 Å². The van der Waals surface area contributed by atoms with Crippen LogP contribution in [0.3, 0.4) is 0 Å². The first kappa shape index (κ1) is 11.2. The number of aryl methyl sites for hydroxylation is 2. The maximum Gasteiger partial charge on any atom is 0.223 e. The molecule has 0 fully saturated rings. The third kappa shape index (κ3) is 2.86. The maximum absolute atomic E-state index is 4.89. The SMILES string of the molecule is Cc1nc(CCNCc2scnc2C)no1. The molecule has 0 unspecified atom stereocenters. The van der Waals surface area contributed by atoms with E-state index in [2.05, 4.69) is 20.4 Å². The molecular formula is C10H14N4OS. The molecule has 1 N–H and O–H groups in total. The summed E-state index contributed by atoms with van der Waals surface area (Å²) in [5, 5.41) is 7.17. The third-order valence-corrected chi connectivity index (χ3v) is 3.16. The molecule has 0 amide bonds. The lowest BCUT2D eigenvalue weighted by molar-refractivity contribution is 0.387. The summed E-state index contributed by atoms with van der Waals surface area (Å²) in [4.78, 5) is 9.61. The summed E-state index contributed by atoms with van der Waals surface area (Å²) in [7, 11) is 0. The molecule has 0 saturated carbocycles. The number of thiazole rings is 1. The number of nitrogens with zero attached hydrogens (tertiary/aromatic N) is 3. The standard InChI is InChI=1S/C10H14N4OS/c1-7-9(16-6-12-7)5-11-4-3-10-13-8(2)15-14-10/h6,11H,3-5H2,1-2H3.